The van der Waals surface area contributed by atoms with Crippen LogP contribution in [0.2, 0.25) is 0 Å². The summed E-state index contributed by atoms with van der Waals surface area (Å²) in [4.78, 5) is 0. The van der Waals surface area contributed by atoms with Gasteiger partial charge in [-0.3, -0.25) is 0 Å². The van der Waals surface area contributed by atoms with Gasteiger partial charge in [0.05, 0.1) is 0 Å². The summed E-state index contributed by atoms with van der Waals surface area (Å²) in [5.74, 6) is 0. The highest BCUT2D eigenvalue weighted by Gasteiger charge is 2.36. The molecule has 0 saturated heterocycles. The second kappa shape index (κ2) is 15.7. The van der Waals surface area contributed by atoms with Crippen molar-refractivity contribution in [2.24, 2.45) is 0 Å². The Labute approximate surface area is 353 Å². The normalized spacial score (nSPS) is 18.4. The van der Waals surface area contributed by atoms with Crippen LogP contribution >= 0.6 is 0 Å². The predicted molar refractivity (Wildman–Crippen MR) is 259 cm³/mol. The lowest BCUT2D eigenvalue weighted by molar-refractivity contribution is 0.649. The van der Waals surface area contributed by atoms with Crippen molar-refractivity contribution in [3.05, 3.63) is 228 Å². The lowest BCUT2D eigenvalue weighted by Gasteiger charge is -2.23. The topological polar surface area (TPSA) is 13.1 Å². The van der Waals surface area contributed by atoms with Crippen LogP contribution in [-0.4, -0.2) is 0 Å². The van der Waals surface area contributed by atoms with Crippen LogP contribution < -0.4 is 0 Å². The summed E-state index contributed by atoms with van der Waals surface area (Å²) in [7, 11) is 0. The second-order valence-electron chi connectivity index (χ2n) is 16.7. The maximum absolute atomic E-state index is 6.27. The van der Waals surface area contributed by atoms with E-state index in [9.17, 15) is 0 Å². The van der Waals surface area contributed by atoms with Gasteiger partial charge in [0.2, 0.25) is 0 Å². The van der Waals surface area contributed by atoms with Crippen molar-refractivity contribution in [1.82, 2.24) is 0 Å². The van der Waals surface area contributed by atoms with Gasteiger partial charge < -0.3 is 4.42 Å². The Hall–Kier alpha value is -6.96. The fraction of sp³-hybridized carbons (Fsp3) is 0.119. The third-order valence-electron chi connectivity index (χ3n) is 12.7. The molecular formula is C59H48O. The molecule has 7 aromatic carbocycles. The average Bonchev–Trinajstić information content (AvgIpc) is 3.77. The molecule has 0 saturated carbocycles. The fourth-order valence-electron chi connectivity index (χ4n) is 9.63. The third kappa shape index (κ3) is 6.71. The molecule has 1 aromatic heterocycles. The lowest BCUT2D eigenvalue weighted by atomic mass is 9.80. The van der Waals surface area contributed by atoms with Gasteiger partial charge in [0.1, 0.15) is 11.2 Å². The van der Waals surface area contributed by atoms with Crippen LogP contribution in [0.3, 0.4) is 0 Å². The van der Waals surface area contributed by atoms with Crippen LogP contribution in [0, 0.1) is 0 Å². The van der Waals surface area contributed by atoms with Crippen molar-refractivity contribution in [2.45, 2.75) is 45.4 Å². The molecular weight excluding hydrogens is 725 g/mol. The largest absolute Gasteiger partial charge is 0.456 e. The zero-order valence-electron chi connectivity index (χ0n) is 34.6. The molecule has 0 bridgehead atoms. The summed E-state index contributed by atoms with van der Waals surface area (Å²) in [5, 5.41) is 9.97. The Morgan fingerprint density at radius 3 is 2.02 bits per heavy atom. The fourth-order valence-corrected chi connectivity index (χ4v) is 9.63. The summed E-state index contributed by atoms with van der Waals surface area (Å²) in [6, 6.07) is 53.1. The van der Waals surface area contributed by atoms with Gasteiger partial charge in [-0.25, -0.2) is 0 Å². The summed E-state index contributed by atoms with van der Waals surface area (Å²) in [5.41, 5.74) is 13.5. The van der Waals surface area contributed by atoms with E-state index in [0.29, 0.717) is 0 Å². The number of hydrogen-bond donors (Lipinski definition) is 0. The molecule has 1 heteroatoms. The molecule has 0 atom stereocenters. The molecule has 1 nitrogen and oxygen atoms in total. The molecule has 2 aliphatic carbocycles. The van der Waals surface area contributed by atoms with E-state index in [1.807, 2.05) is 6.07 Å². The molecule has 0 unspecified atom stereocenters. The van der Waals surface area contributed by atoms with E-state index >= 15 is 0 Å². The van der Waals surface area contributed by atoms with E-state index in [4.69, 9.17) is 4.42 Å². The minimum Gasteiger partial charge on any atom is -0.456 e. The monoisotopic (exact) mass is 772 g/mol. The summed E-state index contributed by atoms with van der Waals surface area (Å²) < 4.78 is 6.27. The second-order valence-corrected chi connectivity index (χ2v) is 16.7. The number of rotatable bonds is 4. The van der Waals surface area contributed by atoms with Crippen molar-refractivity contribution in [3.8, 4) is 11.1 Å². The van der Waals surface area contributed by atoms with Gasteiger partial charge in [0.25, 0.3) is 0 Å². The van der Waals surface area contributed by atoms with Crippen LogP contribution in [0.1, 0.15) is 55.9 Å². The minimum absolute atomic E-state index is 0.123. The molecule has 60 heavy (non-hydrogen) atoms. The van der Waals surface area contributed by atoms with Gasteiger partial charge in [0, 0.05) is 16.2 Å². The first-order valence-corrected chi connectivity index (χ1v) is 21.3. The number of allylic oxidation sites excluding steroid dienone is 12. The highest BCUT2D eigenvalue weighted by Crippen LogP contribution is 2.48. The summed E-state index contributed by atoms with van der Waals surface area (Å²) in [6.07, 6.45) is 23.0. The number of benzene rings is 6. The van der Waals surface area contributed by atoms with Crippen LogP contribution in [0.15, 0.2) is 210 Å². The van der Waals surface area contributed by atoms with Gasteiger partial charge in [0.15, 0.2) is 0 Å². The molecule has 0 amide bonds. The molecule has 2 aliphatic rings. The van der Waals surface area contributed by atoms with Crippen molar-refractivity contribution < 1.29 is 4.42 Å². The molecule has 0 radical (unpaired) electrons. The molecule has 290 valence electrons. The SMILES string of the molecule is C/C(=C\C=C1/Cc2ccc3cc4oc5ccccc5c4cc3c2C1(C)C)c1ccccccc(-c2c3ccccc3c(/C3=C/C=C\C/C=C\C=C/C3)c3ccccc23)cc1. The lowest BCUT2D eigenvalue weighted by Crippen LogP contribution is -2.15. The molecule has 10 rings (SSSR count). The first-order valence-electron chi connectivity index (χ1n) is 21.3. The average molecular weight is 773 g/mol. The zero-order valence-corrected chi connectivity index (χ0v) is 34.6. The van der Waals surface area contributed by atoms with Crippen LogP contribution in [0.25, 0.3) is 76.5 Å². The zero-order chi connectivity index (χ0) is 40.6. The van der Waals surface area contributed by atoms with Gasteiger partial charge in [-0.05, 0) is 121 Å². The molecule has 0 spiro atoms. The maximum Gasteiger partial charge on any atom is 0.136 e. The van der Waals surface area contributed by atoms with Crippen LogP contribution in [0.4, 0.5) is 0 Å². The number of para-hydroxylation sites is 1. The Balaban J connectivity index is 1.06. The number of furan rings is 1. The Bertz CT molecular complexity index is 3200. The van der Waals surface area contributed by atoms with Crippen LogP contribution in [0.5, 0.6) is 0 Å². The molecule has 0 fully saturated rings. The van der Waals surface area contributed by atoms with E-state index < -0.39 is 0 Å². The van der Waals surface area contributed by atoms with E-state index in [-0.39, 0.29) is 5.41 Å². The van der Waals surface area contributed by atoms with Gasteiger partial charge in [-0.1, -0.05) is 201 Å². The molecule has 1 heterocycles. The van der Waals surface area contributed by atoms with E-state index in [1.165, 1.54) is 93.2 Å². The van der Waals surface area contributed by atoms with E-state index in [0.717, 1.165) is 30.4 Å². The number of hydrogen-bond acceptors (Lipinski definition) is 1. The van der Waals surface area contributed by atoms with Gasteiger partial charge >= 0.3 is 0 Å². The van der Waals surface area contributed by atoms with Crippen LogP contribution in [-0.2, 0) is 11.8 Å². The third-order valence-corrected chi connectivity index (χ3v) is 12.7. The molecule has 0 N–H and O–H groups in total. The Morgan fingerprint density at radius 1 is 0.567 bits per heavy atom. The van der Waals surface area contributed by atoms with Crippen molar-refractivity contribution >= 4 is 65.4 Å². The minimum atomic E-state index is -0.123. The predicted octanol–water partition coefficient (Wildman–Crippen LogP) is 16.5. The quantitative estimate of drug-likeness (QED) is 0.162. The van der Waals surface area contributed by atoms with Gasteiger partial charge in [-0.2, -0.15) is 0 Å². The summed E-state index contributed by atoms with van der Waals surface area (Å²) >= 11 is 0. The van der Waals surface area contributed by atoms with Crippen molar-refractivity contribution in [1.29, 1.82) is 0 Å². The van der Waals surface area contributed by atoms with E-state index in [2.05, 4.69) is 215 Å². The first-order chi connectivity index (χ1) is 29.5. The van der Waals surface area contributed by atoms with E-state index in [1.54, 1.807) is 0 Å². The Morgan fingerprint density at radius 2 is 1.23 bits per heavy atom. The highest BCUT2D eigenvalue weighted by atomic mass is 16.3. The molecule has 8 aromatic rings. The van der Waals surface area contributed by atoms with Crippen molar-refractivity contribution in [2.75, 3.05) is 0 Å². The first kappa shape index (κ1) is 37.3. The smallest absolute Gasteiger partial charge is 0.136 e. The maximum atomic E-state index is 6.27. The van der Waals surface area contributed by atoms with Gasteiger partial charge in [-0.15, -0.1) is 0 Å². The highest BCUT2D eigenvalue weighted by molar-refractivity contribution is 6.19. The standard InChI is InChI=1S/C59H48O/c1-40(31-36-46-37-45-35-34-44-38-55-53(39-52(44)58(45)59(46,2)3)47-25-19-20-30-54(47)60-55)41-21-11-9-10-14-24-43(33-32-41)57-50-28-17-15-26-48(50)56(49-27-16-18-29-51(49)57)42-22-12-7-5-4-6-8-13-23-42/h4-5,7-21,23-36,38-39H,6,22,37H2,1-3H3/b5-4-,10-9?,11-9?,12-7-,13-8-,14-10?,21-11?,24-14?,33-32?,40-31+,41-21?,41-32?,42-23+,43-24?,43-33?,46-36+. The molecule has 0 aliphatic heterocycles. The number of fused-ring (bicyclic) bond motifs is 8. The Kier molecular flexibility index (Phi) is 9.74. The van der Waals surface area contributed by atoms with Crippen molar-refractivity contribution in [3.63, 3.8) is 0 Å². The summed E-state index contributed by atoms with van der Waals surface area (Å²) in [6.45, 7) is 7.02.